The average molecular weight is 411 g/mol. The van der Waals surface area contributed by atoms with E-state index in [-0.39, 0.29) is 5.69 Å². The van der Waals surface area contributed by atoms with Gasteiger partial charge >= 0.3 is 29.2 Å². The first-order valence-corrected chi connectivity index (χ1v) is 10.3. The molecule has 0 bridgehead atoms. The molecule has 0 saturated carbocycles. The second-order valence-electron chi connectivity index (χ2n) is 4.19. The first-order chi connectivity index (χ1) is 10.6. The number of nitrogens with one attached hydrogen (secondary N) is 2. The van der Waals surface area contributed by atoms with Crippen LogP contribution in [0.5, 0.6) is 0 Å². The quantitative estimate of drug-likeness (QED) is 0.304. The van der Waals surface area contributed by atoms with E-state index in [9.17, 15) is 18.5 Å². The van der Waals surface area contributed by atoms with Crippen LogP contribution in [0.2, 0.25) is 0 Å². The summed E-state index contributed by atoms with van der Waals surface area (Å²) in [5, 5.41) is 3.01. The predicted molar refractivity (Wildman–Crippen MR) is 79.7 cm³/mol. The van der Waals surface area contributed by atoms with Gasteiger partial charge in [-0.25, -0.2) is 18.5 Å². The molecule has 0 aliphatic heterocycles. The maximum absolute atomic E-state index is 10.7. The lowest BCUT2D eigenvalue weighted by atomic mass is 10.4. The van der Waals surface area contributed by atoms with Gasteiger partial charge in [0.15, 0.2) is 0 Å². The highest BCUT2D eigenvalue weighted by Crippen LogP contribution is 2.64. The molecule has 1 aromatic heterocycles. The molecule has 17 heteroatoms. The molecule has 1 heterocycles. The Morgan fingerprint density at radius 2 is 1.54 bits per heavy atom. The second-order valence-corrected chi connectivity index (χ2v) is 8.40. The molecule has 140 valence electrons. The number of rotatable bonds is 6. The van der Waals surface area contributed by atoms with Crippen molar-refractivity contribution in [1.82, 2.24) is 9.97 Å². The van der Waals surface area contributed by atoms with Crippen molar-refractivity contribution in [2.45, 2.75) is 19.9 Å². The van der Waals surface area contributed by atoms with Crippen molar-refractivity contribution >= 4 is 29.3 Å². The van der Waals surface area contributed by atoms with Gasteiger partial charge in [-0.05, 0) is 19.9 Å². The van der Waals surface area contributed by atoms with Crippen LogP contribution in [0.15, 0.2) is 17.1 Å². The smallest absolute Gasteiger partial charge is 0.368 e. The van der Waals surface area contributed by atoms with Crippen LogP contribution in [0, 0.1) is 0 Å². The standard InChI is InChI=1S/C7H11N3O.H5O10P3/c1-5(2)9-6-3-4-8-7(11)10-6;1-11(2,3)9-13(7,8)10-12(4,5)6/h3-5H,1-2H3,(H2,8,9,10,11);(H,7,8)(H2,1,2,3)(H2,4,5,6). The van der Waals surface area contributed by atoms with Gasteiger partial charge in [-0.1, -0.05) is 0 Å². The minimum absolute atomic E-state index is 0.296. The Labute approximate surface area is 135 Å². The molecule has 0 aromatic carbocycles. The van der Waals surface area contributed by atoms with Gasteiger partial charge < -0.3 is 34.8 Å². The van der Waals surface area contributed by atoms with E-state index in [1.807, 2.05) is 13.8 Å². The summed E-state index contributed by atoms with van der Waals surface area (Å²) in [5.74, 6) is 0.615. The topological polar surface area (TPSA) is 229 Å². The van der Waals surface area contributed by atoms with Gasteiger partial charge in [0.05, 0.1) is 0 Å². The van der Waals surface area contributed by atoms with Crippen molar-refractivity contribution in [1.29, 1.82) is 0 Å². The molecule has 0 aliphatic rings. The van der Waals surface area contributed by atoms with Gasteiger partial charge in [0.25, 0.3) is 0 Å². The summed E-state index contributed by atoms with van der Waals surface area (Å²) < 4.78 is 36.4. The van der Waals surface area contributed by atoms with E-state index in [1.165, 1.54) is 0 Å². The number of hydrogen-bond donors (Lipinski definition) is 7. The summed E-state index contributed by atoms with van der Waals surface area (Å²) in [6, 6.07) is 2.02. The summed E-state index contributed by atoms with van der Waals surface area (Å²) in [5.41, 5.74) is -0.323. The highest BCUT2D eigenvalue weighted by molar-refractivity contribution is 7.66. The fourth-order valence-corrected chi connectivity index (χ4v) is 3.57. The molecule has 1 aromatic rings. The third-order valence-corrected chi connectivity index (χ3v) is 4.88. The van der Waals surface area contributed by atoms with Crippen molar-refractivity contribution in [3.05, 3.63) is 22.7 Å². The molecule has 0 spiro atoms. The van der Waals surface area contributed by atoms with Gasteiger partial charge in [0, 0.05) is 12.2 Å². The summed E-state index contributed by atoms with van der Waals surface area (Å²) in [4.78, 5) is 57.0. The van der Waals surface area contributed by atoms with Gasteiger partial charge in [0.1, 0.15) is 5.82 Å². The monoisotopic (exact) mass is 411 g/mol. The molecular formula is C7H16N3O11P3. The predicted octanol–water partition coefficient (Wildman–Crippen LogP) is -0.104. The van der Waals surface area contributed by atoms with Crippen LogP contribution in [0.25, 0.3) is 0 Å². The summed E-state index contributed by atoms with van der Waals surface area (Å²) in [6.07, 6.45) is 1.57. The van der Waals surface area contributed by atoms with Gasteiger partial charge in [-0.2, -0.15) is 13.6 Å². The summed E-state index contributed by atoms with van der Waals surface area (Å²) in [6.45, 7) is 3.98. The molecule has 7 N–H and O–H groups in total. The minimum Gasteiger partial charge on any atom is -0.368 e. The van der Waals surface area contributed by atoms with Gasteiger partial charge in [0.2, 0.25) is 0 Å². The molecule has 0 unspecified atom stereocenters. The van der Waals surface area contributed by atoms with Crippen molar-refractivity contribution in [2.75, 3.05) is 5.32 Å². The zero-order valence-corrected chi connectivity index (χ0v) is 14.9. The Hall–Kier alpha value is -0.910. The minimum atomic E-state index is -5.46. The molecule has 14 nitrogen and oxygen atoms in total. The SMILES string of the molecule is CC(C)Nc1cc[nH]c(=O)n1.O=P(O)(O)OP(=O)(O)OP(=O)(O)O. The Balaban J connectivity index is 0.000000446. The second kappa shape index (κ2) is 8.97. The molecule has 24 heavy (non-hydrogen) atoms. The zero-order valence-electron chi connectivity index (χ0n) is 12.2. The lowest BCUT2D eigenvalue weighted by Crippen LogP contribution is -2.16. The maximum Gasteiger partial charge on any atom is 0.490 e. The van der Waals surface area contributed by atoms with Crippen LogP contribution in [0.1, 0.15) is 13.8 Å². The van der Waals surface area contributed by atoms with Crippen LogP contribution in [0.3, 0.4) is 0 Å². The number of hydrogen-bond acceptors (Lipinski definition) is 8. The lowest BCUT2D eigenvalue weighted by Gasteiger charge is -2.11. The van der Waals surface area contributed by atoms with Gasteiger partial charge in [-0.15, -0.1) is 0 Å². The molecule has 0 fully saturated rings. The van der Waals surface area contributed by atoms with Crippen LogP contribution in [-0.2, 0) is 22.3 Å². The van der Waals surface area contributed by atoms with E-state index in [4.69, 9.17) is 24.5 Å². The number of aromatic nitrogens is 2. The molecule has 0 amide bonds. The van der Waals surface area contributed by atoms with Crippen LogP contribution < -0.4 is 11.0 Å². The number of aromatic amines is 1. The van der Waals surface area contributed by atoms with Crippen molar-refractivity contribution in [3.63, 3.8) is 0 Å². The van der Waals surface area contributed by atoms with Crippen LogP contribution >= 0.6 is 23.5 Å². The largest absolute Gasteiger partial charge is 0.490 e. The first-order valence-electron chi connectivity index (χ1n) is 5.78. The number of H-pyrrole nitrogens is 1. The zero-order chi connectivity index (χ0) is 19.2. The van der Waals surface area contributed by atoms with E-state index < -0.39 is 23.5 Å². The summed E-state index contributed by atoms with van der Waals surface area (Å²) in [7, 11) is -16.2. The number of anilines is 1. The average Bonchev–Trinajstić information content (AvgIpc) is 2.20. The molecule has 0 radical (unpaired) electrons. The van der Waals surface area contributed by atoms with Crippen molar-refractivity contribution in [3.8, 4) is 0 Å². The van der Waals surface area contributed by atoms with Crippen LogP contribution in [0.4, 0.5) is 5.82 Å². The Morgan fingerprint density at radius 1 is 1.08 bits per heavy atom. The molecule has 0 atom stereocenters. The third kappa shape index (κ3) is 13.5. The first kappa shape index (κ1) is 23.1. The molecular weight excluding hydrogens is 395 g/mol. The number of phosphoric acid groups is 3. The van der Waals surface area contributed by atoms with E-state index in [0.717, 1.165) is 0 Å². The Kier molecular flexibility index (Phi) is 8.63. The fourth-order valence-electron chi connectivity index (χ4n) is 1.03. The lowest BCUT2D eigenvalue weighted by molar-refractivity contribution is 0.204. The van der Waals surface area contributed by atoms with E-state index in [0.29, 0.717) is 11.9 Å². The normalized spacial score (nSPS) is 12.5. The van der Waals surface area contributed by atoms with E-state index in [1.54, 1.807) is 12.3 Å². The van der Waals surface area contributed by atoms with E-state index in [2.05, 4.69) is 23.9 Å². The van der Waals surface area contributed by atoms with Crippen LogP contribution in [-0.4, -0.2) is 40.5 Å². The van der Waals surface area contributed by atoms with Crippen molar-refractivity contribution < 1.29 is 46.8 Å². The molecule has 0 aliphatic carbocycles. The molecule has 0 saturated heterocycles. The summed E-state index contributed by atoms with van der Waals surface area (Å²) >= 11 is 0. The molecule has 1 rings (SSSR count). The highest BCUT2D eigenvalue weighted by Gasteiger charge is 2.38. The number of nitrogens with zero attached hydrogens (tertiary/aromatic N) is 1. The fraction of sp³-hybridized carbons (Fsp3) is 0.429. The van der Waals surface area contributed by atoms with Gasteiger partial charge in [-0.3, -0.25) is 0 Å². The third-order valence-electron chi connectivity index (χ3n) is 1.53. The maximum atomic E-state index is 10.7. The van der Waals surface area contributed by atoms with Crippen molar-refractivity contribution in [2.24, 2.45) is 0 Å². The Morgan fingerprint density at radius 3 is 1.88 bits per heavy atom. The Bertz CT molecular complexity index is 694. The van der Waals surface area contributed by atoms with E-state index >= 15 is 0 Å². The highest BCUT2D eigenvalue weighted by atomic mass is 31.3.